The molecule has 0 saturated carbocycles. The van der Waals surface area contributed by atoms with Gasteiger partial charge in [0.15, 0.2) is 0 Å². The van der Waals surface area contributed by atoms with Crippen molar-refractivity contribution in [2.45, 2.75) is 39.9 Å². The Morgan fingerprint density at radius 3 is 1.58 bits per heavy atom. The van der Waals surface area contributed by atoms with Crippen LogP contribution in [0.1, 0.15) is 48.8 Å². The van der Waals surface area contributed by atoms with Crippen LogP contribution in [0.25, 0.3) is 0 Å². The Labute approximate surface area is 114 Å². The molecular formula is C16H20N2O. The van der Waals surface area contributed by atoms with Gasteiger partial charge in [-0.1, -0.05) is 12.1 Å². The van der Waals surface area contributed by atoms with E-state index in [1.54, 1.807) is 0 Å². The van der Waals surface area contributed by atoms with Gasteiger partial charge < -0.3 is 4.74 Å². The lowest BCUT2D eigenvalue weighted by atomic mass is 10.2. The first-order valence-electron chi connectivity index (χ1n) is 6.59. The van der Waals surface area contributed by atoms with Crippen LogP contribution in [0.2, 0.25) is 0 Å². The van der Waals surface area contributed by atoms with Gasteiger partial charge in [0.05, 0.1) is 23.6 Å². The normalized spacial score (nSPS) is 14.1. The maximum absolute atomic E-state index is 6.01. The van der Waals surface area contributed by atoms with Crippen molar-refractivity contribution < 1.29 is 4.74 Å². The first kappa shape index (κ1) is 13.7. The number of nitrogens with zero attached hydrogens (tertiary/aromatic N) is 2. The summed E-state index contributed by atoms with van der Waals surface area (Å²) in [5.41, 5.74) is 3.93. The highest BCUT2D eigenvalue weighted by Crippen LogP contribution is 2.24. The molecule has 2 rings (SSSR count). The summed E-state index contributed by atoms with van der Waals surface area (Å²) >= 11 is 0. The second kappa shape index (κ2) is 5.93. The Kier molecular flexibility index (Phi) is 4.27. The van der Waals surface area contributed by atoms with Gasteiger partial charge in [-0.2, -0.15) is 0 Å². The molecule has 2 heterocycles. The van der Waals surface area contributed by atoms with Crippen LogP contribution >= 0.6 is 0 Å². The number of aromatic nitrogens is 2. The largest absolute Gasteiger partial charge is 0.363 e. The number of hydrogen-bond acceptors (Lipinski definition) is 3. The molecule has 0 amide bonds. The van der Waals surface area contributed by atoms with Gasteiger partial charge in [-0.25, -0.2) is 0 Å². The predicted molar refractivity (Wildman–Crippen MR) is 75.9 cm³/mol. The minimum Gasteiger partial charge on any atom is -0.363 e. The number of hydrogen-bond donors (Lipinski definition) is 0. The summed E-state index contributed by atoms with van der Waals surface area (Å²) in [6.45, 7) is 8.02. The van der Waals surface area contributed by atoms with Crippen LogP contribution in [0, 0.1) is 13.8 Å². The van der Waals surface area contributed by atoms with Gasteiger partial charge in [0, 0.05) is 11.4 Å². The Morgan fingerprint density at radius 2 is 1.21 bits per heavy atom. The van der Waals surface area contributed by atoms with E-state index in [9.17, 15) is 0 Å². The molecule has 0 aromatic carbocycles. The van der Waals surface area contributed by atoms with Gasteiger partial charge in [-0.3, -0.25) is 9.97 Å². The summed E-state index contributed by atoms with van der Waals surface area (Å²) in [6, 6.07) is 12.0. The standard InChI is InChI=1S/C16H20N2O/c1-11-7-5-9-15(17-11)13(3)19-14(4)16-10-6-8-12(2)18-16/h5-10,13-14H,1-4H3. The maximum atomic E-state index is 6.01. The van der Waals surface area contributed by atoms with E-state index in [-0.39, 0.29) is 12.2 Å². The van der Waals surface area contributed by atoms with Crippen molar-refractivity contribution in [3.8, 4) is 0 Å². The summed E-state index contributed by atoms with van der Waals surface area (Å²) in [4.78, 5) is 8.98. The zero-order chi connectivity index (χ0) is 13.8. The van der Waals surface area contributed by atoms with E-state index in [1.165, 1.54) is 0 Å². The van der Waals surface area contributed by atoms with Gasteiger partial charge in [-0.15, -0.1) is 0 Å². The van der Waals surface area contributed by atoms with E-state index in [2.05, 4.69) is 9.97 Å². The van der Waals surface area contributed by atoms with Crippen molar-refractivity contribution in [3.05, 3.63) is 59.2 Å². The van der Waals surface area contributed by atoms with Crippen LogP contribution in [-0.4, -0.2) is 9.97 Å². The van der Waals surface area contributed by atoms with E-state index in [4.69, 9.17) is 4.74 Å². The maximum Gasteiger partial charge on any atom is 0.0975 e. The molecule has 2 aromatic rings. The smallest absolute Gasteiger partial charge is 0.0975 e. The molecule has 2 aromatic heterocycles. The minimum atomic E-state index is -0.0442. The van der Waals surface area contributed by atoms with E-state index >= 15 is 0 Å². The summed E-state index contributed by atoms with van der Waals surface area (Å²) in [5.74, 6) is 0. The van der Waals surface area contributed by atoms with Gasteiger partial charge >= 0.3 is 0 Å². The summed E-state index contributed by atoms with van der Waals surface area (Å²) in [5, 5.41) is 0. The molecule has 3 nitrogen and oxygen atoms in total. The second-order valence-corrected chi connectivity index (χ2v) is 4.83. The molecule has 0 aliphatic heterocycles. The first-order valence-corrected chi connectivity index (χ1v) is 6.59. The minimum absolute atomic E-state index is 0.0442. The fourth-order valence-corrected chi connectivity index (χ4v) is 2.03. The molecule has 2 atom stereocenters. The van der Waals surface area contributed by atoms with Crippen molar-refractivity contribution in [2.75, 3.05) is 0 Å². The van der Waals surface area contributed by atoms with Gasteiger partial charge in [0.2, 0.25) is 0 Å². The number of rotatable bonds is 4. The molecule has 0 aliphatic carbocycles. The van der Waals surface area contributed by atoms with Crippen molar-refractivity contribution in [1.29, 1.82) is 0 Å². The van der Waals surface area contributed by atoms with Crippen LogP contribution in [0.15, 0.2) is 36.4 Å². The number of aryl methyl sites for hydroxylation is 2. The Morgan fingerprint density at radius 1 is 0.789 bits per heavy atom. The van der Waals surface area contributed by atoms with Gasteiger partial charge in [0.1, 0.15) is 0 Å². The fraction of sp³-hybridized carbons (Fsp3) is 0.375. The van der Waals surface area contributed by atoms with Crippen LogP contribution in [0.4, 0.5) is 0 Å². The third kappa shape index (κ3) is 3.61. The van der Waals surface area contributed by atoms with Crippen molar-refractivity contribution in [2.24, 2.45) is 0 Å². The third-order valence-corrected chi connectivity index (χ3v) is 3.06. The summed E-state index contributed by atoms with van der Waals surface area (Å²) in [6.07, 6.45) is -0.0885. The second-order valence-electron chi connectivity index (χ2n) is 4.83. The molecule has 0 N–H and O–H groups in total. The average Bonchev–Trinajstić information content (AvgIpc) is 2.38. The van der Waals surface area contributed by atoms with Crippen LogP contribution in [-0.2, 0) is 4.74 Å². The zero-order valence-corrected chi connectivity index (χ0v) is 11.9. The summed E-state index contributed by atoms with van der Waals surface area (Å²) < 4.78 is 6.01. The van der Waals surface area contributed by atoms with Crippen LogP contribution < -0.4 is 0 Å². The van der Waals surface area contributed by atoms with Crippen LogP contribution in [0.3, 0.4) is 0 Å². The molecule has 0 fully saturated rings. The van der Waals surface area contributed by atoms with Crippen molar-refractivity contribution in [1.82, 2.24) is 9.97 Å². The van der Waals surface area contributed by atoms with Gasteiger partial charge in [-0.05, 0) is 52.0 Å². The topological polar surface area (TPSA) is 35.0 Å². The predicted octanol–water partition coefficient (Wildman–Crippen LogP) is 3.93. The number of pyridine rings is 2. The van der Waals surface area contributed by atoms with E-state index in [0.29, 0.717) is 0 Å². The number of ether oxygens (including phenoxy) is 1. The zero-order valence-electron chi connectivity index (χ0n) is 11.9. The molecular weight excluding hydrogens is 236 g/mol. The molecule has 0 saturated heterocycles. The molecule has 0 spiro atoms. The van der Waals surface area contributed by atoms with E-state index in [1.807, 2.05) is 64.1 Å². The lowest BCUT2D eigenvalue weighted by Crippen LogP contribution is -2.08. The van der Waals surface area contributed by atoms with Gasteiger partial charge in [0.25, 0.3) is 0 Å². The highest BCUT2D eigenvalue weighted by molar-refractivity contribution is 5.14. The van der Waals surface area contributed by atoms with Crippen molar-refractivity contribution in [3.63, 3.8) is 0 Å². The quantitative estimate of drug-likeness (QED) is 0.831. The molecule has 0 radical (unpaired) electrons. The average molecular weight is 256 g/mol. The van der Waals surface area contributed by atoms with Crippen LogP contribution in [0.5, 0.6) is 0 Å². The molecule has 0 bridgehead atoms. The Bertz CT molecular complexity index is 504. The first-order chi connectivity index (χ1) is 9.06. The Hall–Kier alpha value is -1.74. The lowest BCUT2D eigenvalue weighted by molar-refractivity contribution is 0.00118. The molecule has 0 aliphatic rings. The molecule has 100 valence electrons. The van der Waals surface area contributed by atoms with E-state index < -0.39 is 0 Å². The Balaban J connectivity index is 2.08. The lowest BCUT2D eigenvalue weighted by Gasteiger charge is -2.19. The SMILES string of the molecule is Cc1cccc(C(C)OC(C)c2cccc(C)n2)n1. The highest BCUT2D eigenvalue weighted by atomic mass is 16.5. The van der Waals surface area contributed by atoms with E-state index in [0.717, 1.165) is 22.8 Å². The monoisotopic (exact) mass is 256 g/mol. The molecule has 2 unspecified atom stereocenters. The summed E-state index contributed by atoms with van der Waals surface area (Å²) in [7, 11) is 0. The molecule has 19 heavy (non-hydrogen) atoms. The third-order valence-electron chi connectivity index (χ3n) is 3.06. The van der Waals surface area contributed by atoms with Crippen molar-refractivity contribution >= 4 is 0 Å². The fourth-order valence-electron chi connectivity index (χ4n) is 2.03. The highest BCUT2D eigenvalue weighted by Gasteiger charge is 2.14. The molecule has 3 heteroatoms.